The van der Waals surface area contributed by atoms with Gasteiger partial charge in [0.1, 0.15) is 17.2 Å². The lowest BCUT2D eigenvalue weighted by atomic mass is 10.1. The zero-order valence-electron chi connectivity index (χ0n) is 20.3. The summed E-state index contributed by atoms with van der Waals surface area (Å²) in [5, 5.41) is 14.2. The fraction of sp³-hybridized carbons (Fsp3) is 0.739. The number of aliphatic hydroxyl groups excluding tert-OH is 1. The van der Waals surface area contributed by atoms with Gasteiger partial charge in [0.25, 0.3) is 0 Å². The molecule has 1 saturated heterocycles. The maximum atomic E-state index is 13.4. The van der Waals surface area contributed by atoms with Crippen LogP contribution >= 0.6 is 0 Å². The van der Waals surface area contributed by atoms with E-state index in [0.29, 0.717) is 19.3 Å². The van der Waals surface area contributed by atoms with Gasteiger partial charge in [-0.15, -0.1) is 0 Å². The molecule has 190 valence electrons. The Bertz CT molecular complexity index is 840. The highest BCUT2D eigenvalue weighted by atomic mass is 16.6. The predicted octanol–water partition coefficient (Wildman–Crippen LogP) is 1.46. The number of aliphatic hydroxyl groups is 1. The number of hydrazine groups is 1. The Kier molecular flexibility index (Phi) is 7.74. The molecule has 3 rings (SSSR count). The summed E-state index contributed by atoms with van der Waals surface area (Å²) in [6.45, 7) is 7.17. The summed E-state index contributed by atoms with van der Waals surface area (Å²) in [7, 11) is 0. The number of nitrogens with zero attached hydrogens (tertiary/aromatic N) is 2. The minimum atomic E-state index is -1.16. The first-order valence-electron chi connectivity index (χ1n) is 11.9. The van der Waals surface area contributed by atoms with Crippen LogP contribution in [0.1, 0.15) is 59.8 Å². The van der Waals surface area contributed by atoms with Gasteiger partial charge < -0.3 is 24.8 Å². The molecule has 4 amide bonds. The van der Waals surface area contributed by atoms with Gasteiger partial charge in [0.15, 0.2) is 0 Å². The largest absolute Gasteiger partial charge is 0.464 e. The van der Waals surface area contributed by atoms with E-state index in [9.17, 15) is 24.3 Å². The lowest BCUT2D eigenvalue weighted by Crippen LogP contribution is -2.58. The van der Waals surface area contributed by atoms with Crippen molar-refractivity contribution in [3.63, 3.8) is 0 Å². The molecular formula is C23H36N4O7. The van der Waals surface area contributed by atoms with E-state index in [1.54, 1.807) is 27.7 Å². The van der Waals surface area contributed by atoms with E-state index in [2.05, 4.69) is 10.7 Å². The molecule has 11 nitrogen and oxygen atoms in total. The van der Waals surface area contributed by atoms with Crippen molar-refractivity contribution in [2.45, 2.75) is 83.1 Å². The van der Waals surface area contributed by atoms with Gasteiger partial charge in [-0.1, -0.05) is 12.2 Å². The Morgan fingerprint density at radius 1 is 1.29 bits per heavy atom. The fourth-order valence-corrected chi connectivity index (χ4v) is 4.34. The number of allylic oxidation sites excluding steroid dienone is 1. The SMILES string of the molecule is CCOC(=O)[C@@]12C[C@@H]1/C=C\CCCCN(NC(=O)OC(C)(C)C)C(=O)N1C[C@@H](O)C[C@H]1C(=O)N2. The van der Waals surface area contributed by atoms with Crippen molar-refractivity contribution in [1.29, 1.82) is 0 Å². The van der Waals surface area contributed by atoms with Crippen LogP contribution in [0.5, 0.6) is 0 Å². The molecule has 2 aliphatic heterocycles. The Hall–Kier alpha value is -2.82. The summed E-state index contributed by atoms with van der Waals surface area (Å²) < 4.78 is 10.5. The topological polar surface area (TPSA) is 138 Å². The van der Waals surface area contributed by atoms with Crippen LogP contribution in [0.15, 0.2) is 12.2 Å². The van der Waals surface area contributed by atoms with Crippen LogP contribution in [0.2, 0.25) is 0 Å². The highest BCUT2D eigenvalue weighted by Gasteiger charge is 2.62. The third-order valence-corrected chi connectivity index (χ3v) is 6.05. The molecule has 0 spiro atoms. The number of ether oxygens (including phenoxy) is 2. The van der Waals surface area contributed by atoms with Gasteiger partial charge in [-0.3, -0.25) is 4.79 Å². The zero-order chi connectivity index (χ0) is 25.1. The van der Waals surface area contributed by atoms with Gasteiger partial charge in [-0.25, -0.2) is 24.8 Å². The van der Waals surface area contributed by atoms with Crippen molar-refractivity contribution in [3.05, 3.63) is 12.2 Å². The van der Waals surface area contributed by atoms with Gasteiger partial charge >= 0.3 is 18.1 Å². The number of hydrogen-bond donors (Lipinski definition) is 3. The first kappa shape index (κ1) is 25.8. The Labute approximate surface area is 199 Å². The molecule has 0 radical (unpaired) electrons. The minimum absolute atomic E-state index is 0.0251. The van der Waals surface area contributed by atoms with Gasteiger partial charge in [0.2, 0.25) is 5.91 Å². The number of hydrogen-bond acceptors (Lipinski definition) is 7. The number of esters is 1. The van der Waals surface area contributed by atoms with Crippen molar-refractivity contribution < 1.29 is 33.8 Å². The molecule has 0 unspecified atom stereocenters. The van der Waals surface area contributed by atoms with E-state index in [-0.39, 0.29) is 32.0 Å². The number of rotatable bonds is 3. The van der Waals surface area contributed by atoms with Crippen LogP contribution < -0.4 is 10.7 Å². The van der Waals surface area contributed by atoms with E-state index in [1.165, 1.54) is 4.90 Å². The highest BCUT2D eigenvalue weighted by molar-refractivity contribution is 5.95. The predicted molar refractivity (Wildman–Crippen MR) is 121 cm³/mol. The van der Waals surface area contributed by atoms with Crippen LogP contribution in [0, 0.1) is 5.92 Å². The lowest BCUT2D eigenvalue weighted by Gasteiger charge is -2.32. The maximum absolute atomic E-state index is 13.4. The second kappa shape index (κ2) is 10.2. The van der Waals surface area contributed by atoms with Crippen molar-refractivity contribution >= 4 is 24.0 Å². The number of amides is 4. The number of nitrogens with one attached hydrogen (secondary N) is 2. The minimum Gasteiger partial charge on any atom is -0.464 e. The first-order valence-corrected chi connectivity index (χ1v) is 11.9. The third kappa shape index (κ3) is 5.99. The molecule has 3 N–H and O–H groups in total. The molecule has 0 aromatic heterocycles. The van der Waals surface area contributed by atoms with Crippen molar-refractivity contribution in [1.82, 2.24) is 20.7 Å². The molecular weight excluding hydrogens is 444 g/mol. The van der Waals surface area contributed by atoms with E-state index in [0.717, 1.165) is 11.4 Å². The monoisotopic (exact) mass is 480 g/mol. The van der Waals surface area contributed by atoms with E-state index < -0.39 is 47.3 Å². The number of urea groups is 1. The third-order valence-electron chi connectivity index (χ3n) is 6.05. The summed E-state index contributed by atoms with van der Waals surface area (Å²) in [4.78, 5) is 52.9. The second-order valence-electron chi connectivity index (χ2n) is 10.0. The zero-order valence-corrected chi connectivity index (χ0v) is 20.3. The second-order valence-corrected chi connectivity index (χ2v) is 10.0. The molecule has 0 aromatic carbocycles. The Balaban J connectivity index is 1.84. The average molecular weight is 481 g/mol. The number of carbonyl (C=O) groups excluding carboxylic acids is 4. The van der Waals surface area contributed by atoms with Crippen LogP contribution in [-0.4, -0.2) is 82.0 Å². The molecule has 3 aliphatic rings. The van der Waals surface area contributed by atoms with Crippen LogP contribution in [-0.2, 0) is 19.1 Å². The standard InChI is InChI=1S/C23H36N4O7/c1-5-33-19(30)23-13-15(23)10-8-6-7-9-11-27(25-20(31)34-22(2,3)4)21(32)26-14-16(28)12-17(26)18(29)24-23/h8,10,15-17,28H,5-7,9,11-14H2,1-4H3,(H,24,29)(H,25,31)/b10-8-/t15-,16-,17-,23+/m0/s1. The summed E-state index contributed by atoms with van der Waals surface area (Å²) in [6.07, 6.45) is 4.68. The van der Waals surface area contributed by atoms with Crippen molar-refractivity contribution in [2.75, 3.05) is 19.7 Å². The molecule has 0 bridgehead atoms. The molecule has 0 aromatic rings. The summed E-state index contributed by atoms with van der Waals surface area (Å²) >= 11 is 0. The van der Waals surface area contributed by atoms with Gasteiger partial charge in [0, 0.05) is 25.4 Å². The van der Waals surface area contributed by atoms with Crippen molar-refractivity contribution in [2.24, 2.45) is 5.92 Å². The normalized spacial score (nSPS) is 30.9. The highest BCUT2D eigenvalue weighted by Crippen LogP contribution is 2.46. The molecule has 1 saturated carbocycles. The molecule has 4 atom stereocenters. The van der Waals surface area contributed by atoms with Crippen LogP contribution in [0.4, 0.5) is 9.59 Å². The summed E-state index contributed by atoms with van der Waals surface area (Å²) in [5.74, 6) is -1.22. The van der Waals surface area contributed by atoms with Gasteiger partial charge in [-0.05, 0) is 53.4 Å². The van der Waals surface area contributed by atoms with E-state index in [4.69, 9.17) is 9.47 Å². The number of carbonyl (C=O) groups is 4. The summed E-state index contributed by atoms with van der Waals surface area (Å²) in [5.41, 5.74) is 0.565. The smallest absolute Gasteiger partial charge is 0.426 e. The maximum Gasteiger partial charge on any atom is 0.426 e. The van der Waals surface area contributed by atoms with Crippen LogP contribution in [0.25, 0.3) is 0 Å². The quantitative estimate of drug-likeness (QED) is 0.411. The Morgan fingerprint density at radius 3 is 2.71 bits per heavy atom. The van der Waals surface area contributed by atoms with Crippen molar-refractivity contribution in [3.8, 4) is 0 Å². The lowest BCUT2D eigenvalue weighted by molar-refractivity contribution is -0.149. The molecule has 34 heavy (non-hydrogen) atoms. The van der Waals surface area contributed by atoms with Crippen LogP contribution in [0.3, 0.4) is 0 Å². The molecule has 1 aliphatic carbocycles. The number of fused-ring (bicyclic) bond motifs is 2. The summed E-state index contributed by atoms with van der Waals surface area (Å²) in [6, 6.07) is -1.61. The van der Waals surface area contributed by atoms with E-state index >= 15 is 0 Å². The molecule has 2 fully saturated rings. The molecule has 11 heteroatoms. The van der Waals surface area contributed by atoms with Gasteiger partial charge in [0.05, 0.1) is 12.7 Å². The van der Waals surface area contributed by atoms with Gasteiger partial charge in [-0.2, -0.15) is 0 Å². The molecule has 2 heterocycles. The fourth-order valence-electron chi connectivity index (χ4n) is 4.34. The Morgan fingerprint density at radius 2 is 2.03 bits per heavy atom. The average Bonchev–Trinajstić information content (AvgIpc) is 3.28. The first-order chi connectivity index (χ1) is 16.0. The van der Waals surface area contributed by atoms with E-state index in [1.807, 2.05) is 12.2 Å².